The fraction of sp³-hybridized carbons (Fsp3) is 0.818. The van der Waals surface area contributed by atoms with E-state index in [2.05, 4.69) is 0 Å². The third-order valence-electron chi connectivity index (χ3n) is 2.76. The van der Waals surface area contributed by atoms with Crippen molar-refractivity contribution >= 4 is 23.6 Å². The molecule has 1 amide bonds. The summed E-state index contributed by atoms with van der Waals surface area (Å²) in [6, 6.07) is -0.626. The molecule has 0 saturated carbocycles. The van der Waals surface area contributed by atoms with E-state index in [4.69, 9.17) is 5.11 Å². The predicted molar refractivity (Wildman–Crippen MR) is 64.3 cm³/mol. The second-order valence-corrected chi connectivity index (χ2v) is 5.17. The second kappa shape index (κ2) is 6.13. The molecule has 2 unspecified atom stereocenters. The molecule has 0 radical (unpaired) electrons. The molecule has 4 nitrogen and oxygen atoms in total. The van der Waals surface area contributed by atoms with Crippen molar-refractivity contribution in [2.24, 2.45) is 0 Å². The number of carbonyl (C=O) groups is 2. The van der Waals surface area contributed by atoms with Gasteiger partial charge < -0.3 is 10.0 Å². The highest BCUT2D eigenvalue weighted by molar-refractivity contribution is 8.00. The van der Waals surface area contributed by atoms with Gasteiger partial charge in [-0.3, -0.25) is 4.79 Å². The summed E-state index contributed by atoms with van der Waals surface area (Å²) in [5.74, 6) is -0.370. The number of amides is 1. The van der Waals surface area contributed by atoms with Crippen molar-refractivity contribution in [1.29, 1.82) is 0 Å². The van der Waals surface area contributed by atoms with Crippen molar-refractivity contribution in [3.8, 4) is 0 Å². The van der Waals surface area contributed by atoms with Gasteiger partial charge in [0.15, 0.2) is 0 Å². The molecule has 0 spiro atoms. The van der Waals surface area contributed by atoms with E-state index in [0.717, 1.165) is 19.3 Å². The van der Waals surface area contributed by atoms with Gasteiger partial charge in [-0.05, 0) is 12.8 Å². The van der Waals surface area contributed by atoms with E-state index < -0.39 is 12.0 Å². The monoisotopic (exact) mass is 245 g/mol. The molecule has 0 aromatic heterocycles. The number of rotatable bonds is 5. The Bertz CT molecular complexity index is 270. The second-order valence-electron chi connectivity index (χ2n) is 3.95. The van der Waals surface area contributed by atoms with Crippen molar-refractivity contribution in [3.63, 3.8) is 0 Å². The van der Waals surface area contributed by atoms with Crippen LogP contribution in [0, 0.1) is 0 Å². The number of hydrogen-bond donors (Lipinski definition) is 1. The molecule has 92 valence electrons. The summed E-state index contributed by atoms with van der Waals surface area (Å²) in [4.78, 5) is 24.6. The molecule has 1 aliphatic heterocycles. The zero-order valence-electron chi connectivity index (χ0n) is 9.81. The Kier molecular flexibility index (Phi) is 5.12. The molecule has 1 N–H and O–H groups in total. The normalized spacial score (nSPS) is 24.8. The first-order valence-corrected chi connectivity index (χ1v) is 6.82. The number of thioether (sulfide) groups is 1. The Labute approximate surface area is 100 Å². The van der Waals surface area contributed by atoms with Crippen LogP contribution in [0.25, 0.3) is 0 Å². The van der Waals surface area contributed by atoms with Gasteiger partial charge in [-0.1, -0.05) is 20.3 Å². The Balaban J connectivity index is 2.69. The zero-order chi connectivity index (χ0) is 12.1. The van der Waals surface area contributed by atoms with Crippen LogP contribution < -0.4 is 0 Å². The summed E-state index contributed by atoms with van der Waals surface area (Å²) in [7, 11) is 0. The van der Waals surface area contributed by atoms with E-state index in [1.807, 2.05) is 13.8 Å². The lowest BCUT2D eigenvalue weighted by molar-refractivity contribution is -0.149. The number of carboxylic acid groups (broad SMARTS) is 1. The lowest BCUT2D eigenvalue weighted by atomic mass is 10.2. The lowest BCUT2D eigenvalue weighted by Gasteiger charge is -2.26. The number of nitrogens with zero attached hydrogens (tertiary/aromatic N) is 1. The van der Waals surface area contributed by atoms with Crippen molar-refractivity contribution in [3.05, 3.63) is 0 Å². The highest BCUT2D eigenvalue weighted by Gasteiger charge is 2.40. The molecule has 16 heavy (non-hydrogen) atoms. The summed E-state index contributed by atoms with van der Waals surface area (Å²) in [5.41, 5.74) is 0. The smallest absolute Gasteiger partial charge is 0.327 e. The Morgan fingerprint density at radius 3 is 2.62 bits per heavy atom. The fourth-order valence-corrected chi connectivity index (χ4v) is 3.23. The Morgan fingerprint density at radius 2 is 2.12 bits per heavy atom. The molecule has 0 aromatic carbocycles. The SMILES string of the molecule is CCCCC(=O)N1C(CC)SCC1C(=O)O. The molecule has 1 aliphatic rings. The van der Waals surface area contributed by atoms with Gasteiger partial charge in [0.2, 0.25) is 5.91 Å². The maximum absolute atomic E-state index is 11.9. The minimum absolute atomic E-state index is 0.00824. The van der Waals surface area contributed by atoms with Crippen LogP contribution in [0.1, 0.15) is 39.5 Å². The number of aliphatic carboxylic acids is 1. The maximum atomic E-state index is 11.9. The van der Waals surface area contributed by atoms with Crippen LogP contribution >= 0.6 is 11.8 Å². The van der Waals surface area contributed by atoms with Crippen LogP contribution in [0.4, 0.5) is 0 Å². The zero-order valence-corrected chi connectivity index (χ0v) is 10.6. The lowest BCUT2D eigenvalue weighted by Crippen LogP contribution is -2.45. The van der Waals surface area contributed by atoms with Gasteiger partial charge in [0.05, 0.1) is 5.37 Å². The molecule has 1 heterocycles. The summed E-state index contributed by atoms with van der Waals surface area (Å²) >= 11 is 1.57. The largest absolute Gasteiger partial charge is 0.480 e. The van der Waals surface area contributed by atoms with Crippen molar-refractivity contribution < 1.29 is 14.7 Å². The molecule has 2 atom stereocenters. The van der Waals surface area contributed by atoms with Crippen molar-refractivity contribution in [2.75, 3.05) is 5.75 Å². The van der Waals surface area contributed by atoms with Gasteiger partial charge >= 0.3 is 5.97 Å². The third-order valence-corrected chi connectivity index (χ3v) is 4.21. The standard InChI is InChI=1S/C11H19NO3S/c1-3-5-6-9(13)12-8(11(14)15)7-16-10(12)4-2/h8,10H,3-7H2,1-2H3,(H,14,15). The summed E-state index contributed by atoms with van der Waals surface area (Å²) < 4.78 is 0. The average molecular weight is 245 g/mol. The van der Waals surface area contributed by atoms with E-state index in [9.17, 15) is 9.59 Å². The predicted octanol–water partition coefficient (Wildman–Crippen LogP) is 1.94. The van der Waals surface area contributed by atoms with Crippen LogP contribution in [0.5, 0.6) is 0 Å². The van der Waals surface area contributed by atoms with Crippen molar-refractivity contribution in [1.82, 2.24) is 4.90 Å². The molecule has 0 bridgehead atoms. The highest BCUT2D eigenvalue weighted by Crippen LogP contribution is 2.32. The molecule has 0 aromatic rings. The first kappa shape index (κ1) is 13.4. The number of unbranched alkanes of at least 4 members (excludes halogenated alkanes) is 1. The van der Waals surface area contributed by atoms with Crippen LogP contribution in [0.15, 0.2) is 0 Å². The Morgan fingerprint density at radius 1 is 1.44 bits per heavy atom. The Hall–Kier alpha value is -0.710. The summed E-state index contributed by atoms with van der Waals surface area (Å²) in [6.07, 6.45) is 3.08. The summed E-state index contributed by atoms with van der Waals surface area (Å²) in [5, 5.41) is 9.11. The third kappa shape index (κ3) is 2.90. The van der Waals surface area contributed by atoms with Gasteiger partial charge in [-0.15, -0.1) is 11.8 Å². The minimum atomic E-state index is -0.881. The number of carboxylic acids is 1. The van der Waals surface area contributed by atoms with E-state index >= 15 is 0 Å². The van der Waals surface area contributed by atoms with E-state index in [1.165, 1.54) is 0 Å². The average Bonchev–Trinajstić information content (AvgIpc) is 2.69. The molecular weight excluding hydrogens is 226 g/mol. The van der Waals surface area contributed by atoms with Gasteiger partial charge in [0.25, 0.3) is 0 Å². The van der Waals surface area contributed by atoms with Crippen LogP contribution in [-0.4, -0.2) is 39.1 Å². The first-order chi connectivity index (χ1) is 7.61. The van der Waals surface area contributed by atoms with Gasteiger partial charge in [0, 0.05) is 12.2 Å². The van der Waals surface area contributed by atoms with Crippen molar-refractivity contribution in [2.45, 2.75) is 50.9 Å². The van der Waals surface area contributed by atoms with Crippen LogP contribution in [0.3, 0.4) is 0 Å². The van der Waals surface area contributed by atoms with E-state index in [-0.39, 0.29) is 11.3 Å². The fourth-order valence-electron chi connectivity index (χ4n) is 1.86. The van der Waals surface area contributed by atoms with Crippen LogP contribution in [0.2, 0.25) is 0 Å². The maximum Gasteiger partial charge on any atom is 0.327 e. The molecular formula is C11H19NO3S. The van der Waals surface area contributed by atoms with Gasteiger partial charge in [0.1, 0.15) is 6.04 Å². The van der Waals surface area contributed by atoms with Gasteiger partial charge in [-0.25, -0.2) is 4.79 Å². The first-order valence-electron chi connectivity index (χ1n) is 5.77. The highest BCUT2D eigenvalue weighted by atomic mass is 32.2. The van der Waals surface area contributed by atoms with Crippen LogP contribution in [-0.2, 0) is 9.59 Å². The van der Waals surface area contributed by atoms with Gasteiger partial charge in [-0.2, -0.15) is 0 Å². The molecule has 1 saturated heterocycles. The number of hydrogen-bond acceptors (Lipinski definition) is 3. The quantitative estimate of drug-likeness (QED) is 0.804. The topological polar surface area (TPSA) is 57.6 Å². The minimum Gasteiger partial charge on any atom is -0.480 e. The molecule has 0 aliphatic carbocycles. The molecule has 5 heteroatoms. The number of carbonyl (C=O) groups excluding carboxylic acids is 1. The molecule has 1 rings (SSSR count). The van der Waals surface area contributed by atoms with E-state index in [0.29, 0.717) is 12.2 Å². The van der Waals surface area contributed by atoms with E-state index in [1.54, 1.807) is 16.7 Å². The molecule has 1 fully saturated rings. The summed E-state index contributed by atoms with van der Waals surface area (Å²) in [6.45, 7) is 4.01.